The van der Waals surface area contributed by atoms with E-state index >= 15 is 0 Å². The molecule has 0 atom stereocenters. The van der Waals surface area contributed by atoms with E-state index in [0.29, 0.717) is 22.3 Å². The fraction of sp³-hybridized carbons (Fsp3) is 0. The Hall–Kier alpha value is -5.43. The van der Waals surface area contributed by atoms with Gasteiger partial charge in [0, 0.05) is 23.5 Å². The van der Waals surface area contributed by atoms with Gasteiger partial charge in [0.1, 0.15) is 5.69 Å². The molecule has 0 aliphatic rings. The van der Waals surface area contributed by atoms with Crippen LogP contribution in [0.2, 0.25) is 0 Å². The summed E-state index contributed by atoms with van der Waals surface area (Å²) < 4.78 is 1.33. The van der Waals surface area contributed by atoms with Crippen LogP contribution in [0.15, 0.2) is 95.7 Å². The van der Waals surface area contributed by atoms with Gasteiger partial charge in [0.05, 0.1) is 24.5 Å². The molecule has 0 aliphatic carbocycles. The number of amides is 1. The zero-order valence-electron chi connectivity index (χ0n) is 18.1. The molecule has 0 aliphatic heterocycles. The molecular formula is C25H16N8O2. The van der Waals surface area contributed by atoms with Crippen LogP contribution in [-0.4, -0.2) is 30.8 Å². The molecule has 168 valence electrons. The molecular weight excluding hydrogens is 444 g/mol. The van der Waals surface area contributed by atoms with Crippen molar-refractivity contribution in [3.05, 3.63) is 102 Å². The van der Waals surface area contributed by atoms with Crippen LogP contribution in [0, 0.1) is 6.57 Å². The Morgan fingerprint density at radius 3 is 2.60 bits per heavy atom. The number of nitrogens with one attached hydrogen (secondary N) is 1. The fourth-order valence-electron chi connectivity index (χ4n) is 3.48. The molecule has 0 radical (unpaired) electrons. The maximum atomic E-state index is 13.0. The number of carbonyl (C=O) groups is 1. The summed E-state index contributed by atoms with van der Waals surface area (Å²) in [5.41, 5.74) is 0.849. The number of phenolic OH excluding ortho intramolecular Hbond substituents is 1. The summed E-state index contributed by atoms with van der Waals surface area (Å²) >= 11 is 0. The first-order chi connectivity index (χ1) is 17.2. The molecule has 3 aromatic carbocycles. The highest BCUT2D eigenvalue weighted by Crippen LogP contribution is 2.40. The Bertz CT molecular complexity index is 1610. The zero-order chi connectivity index (χ0) is 24.2. The van der Waals surface area contributed by atoms with Crippen molar-refractivity contribution in [1.82, 2.24) is 19.7 Å². The zero-order valence-corrected chi connectivity index (χ0v) is 18.1. The van der Waals surface area contributed by atoms with Gasteiger partial charge in [-0.3, -0.25) is 9.78 Å². The van der Waals surface area contributed by atoms with Gasteiger partial charge in [0.2, 0.25) is 0 Å². The topological polar surface area (TPSA) is 122 Å². The number of hydrogen-bond donors (Lipinski definition) is 2. The third kappa shape index (κ3) is 4.17. The predicted octanol–water partition coefficient (Wildman–Crippen LogP) is 5.74. The minimum atomic E-state index is -0.498. The molecule has 0 unspecified atom stereocenters. The van der Waals surface area contributed by atoms with Crippen LogP contribution in [0.5, 0.6) is 5.75 Å². The minimum absolute atomic E-state index is 0.0364. The molecule has 0 spiro atoms. The summed E-state index contributed by atoms with van der Waals surface area (Å²) in [6.45, 7) is 7.45. The summed E-state index contributed by atoms with van der Waals surface area (Å²) in [4.78, 5) is 24.6. The average Bonchev–Trinajstić information content (AvgIpc) is 3.32. The molecule has 35 heavy (non-hydrogen) atoms. The smallest absolute Gasteiger partial charge is 0.259 e. The van der Waals surface area contributed by atoms with Crippen LogP contribution >= 0.6 is 0 Å². The molecule has 0 bridgehead atoms. The number of aromatic hydroxyl groups is 1. The molecule has 0 saturated heterocycles. The molecule has 1 amide bonds. The Kier molecular flexibility index (Phi) is 5.63. The van der Waals surface area contributed by atoms with Crippen LogP contribution in [0.3, 0.4) is 0 Å². The molecule has 0 saturated carbocycles. The number of nitrogens with zero attached hydrogens (tertiary/aromatic N) is 7. The summed E-state index contributed by atoms with van der Waals surface area (Å²) in [7, 11) is 0. The molecule has 2 heterocycles. The van der Waals surface area contributed by atoms with E-state index in [-0.39, 0.29) is 28.5 Å². The first-order valence-corrected chi connectivity index (χ1v) is 10.4. The van der Waals surface area contributed by atoms with Crippen molar-refractivity contribution in [3.63, 3.8) is 0 Å². The largest absolute Gasteiger partial charge is 0.505 e. The van der Waals surface area contributed by atoms with E-state index in [2.05, 4.69) is 35.5 Å². The number of fused-ring (bicyclic) bond motifs is 1. The summed E-state index contributed by atoms with van der Waals surface area (Å²) in [6, 6.07) is 17.7. The third-order valence-corrected chi connectivity index (χ3v) is 5.13. The Morgan fingerprint density at radius 1 is 1.03 bits per heavy atom. The van der Waals surface area contributed by atoms with Gasteiger partial charge in [-0.25, -0.2) is 14.5 Å². The van der Waals surface area contributed by atoms with E-state index in [9.17, 15) is 9.90 Å². The highest BCUT2D eigenvalue weighted by Gasteiger charge is 2.19. The van der Waals surface area contributed by atoms with Crippen molar-refractivity contribution in [3.8, 4) is 11.6 Å². The lowest BCUT2D eigenvalue weighted by Gasteiger charge is -2.11. The van der Waals surface area contributed by atoms with Crippen molar-refractivity contribution < 1.29 is 9.90 Å². The standard InChI is InChI=1S/C25H16N8O2/c1-26-20-14-29-33(21-15-27-11-12-28-21)24(20)32-31-22-18-10-6-5-7-16(18)13-19(23(22)34)25(35)30-17-8-3-2-4-9-17/h2-15,34H,(H,30,35)/b32-31+. The number of azo groups is 1. The monoisotopic (exact) mass is 460 g/mol. The lowest BCUT2D eigenvalue weighted by molar-refractivity contribution is 0.102. The van der Waals surface area contributed by atoms with E-state index in [1.165, 1.54) is 29.5 Å². The van der Waals surface area contributed by atoms with Gasteiger partial charge in [0.25, 0.3) is 11.6 Å². The number of phenols is 1. The molecule has 10 nitrogen and oxygen atoms in total. The van der Waals surface area contributed by atoms with Gasteiger partial charge in [-0.05, 0) is 23.6 Å². The van der Waals surface area contributed by atoms with Crippen molar-refractivity contribution in [2.75, 3.05) is 5.32 Å². The van der Waals surface area contributed by atoms with Gasteiger partial charge in [-0.1, -0.05) is 42.5 Å². The van der Waals surface area contributed by atoms with Crippen molar-refractivity contribution in [2.45, 2.75) is 0 Å². The highest BCUT2D eigenvalue weighted by molar-refractivity contribution is 6.11. The third-order valence-electron chi connectivity index (χ3n) is 5.13. The van der Waals surface area contributed by atoms with E-state index in [4.69, 9.17) is 6.57 Å². The van der Waals surface area contributed by atoms with Crippen molar-refractivity contribution in [2.24, 2.45) is 10.2 Å². The summed E-state index contributed by atoms with van der Waals surface area (Å²) in [6.07, 6.45) is 5.82. The van der Waals surface area contributed by atoms with Gasteiger partial charge < -0.3 is 10.4 Å². The SMILES string of the molecule is [C-]#[N+]c1cnn(-c2cnccn2)c1/N=N/c1c(O)c(C(=O)Nc2ccccc2)cc2ccccc12. The average molecular weight is 460 g/mol. The first kappa shape index (κ1) is 21.4. The lowest BCUT2D eigenvalue weighted by Crippen LogP contribution is -2.12. The van der Waals surface area contributed by atoms with Gasteiger partial charge in [0.15, 0.2) is 17.4 Å². The number of anilines is 1. The molecule has 5 aromatic rings. The Morgan fingerprint density at radius 2 is 1.83 bits per heavy atom. The highest BCUT2D eigenvalue weighted by atomic mass is 16.3. The van der Waals surface area contributed by atoms with E-state index in [1.54, 1.807) is 42.5 Å². The maximum Gasteiger partial charge on any atom is 0.259 e. The van der Waals surface area contributed by atoms with Gasteiger partial charge in [-0.15, -0.1) is 10.2 Å². The second kappa shape index (κ2) is 9.21. The van der Waals surface area contributed by atoms with Crippen LogP contribution in [0.1, 0.15) is 10.4 Å². The van der Waals surface area contributed by atoms with Crippen LogP contribution in [0.4, 0.5) is 22.9 Å². The van der Waals surface area contributed by atoms with E-state index in [0.717, 1.165) is 0 Å². The number of aromatic nitrogens is 4. The second-order valence-electron chi connectivity index (χ2n) is 7.30. The molecule has 2 aromatic heterocycles. The maximum absolute atomic E-state index is 13.0. The Labute approximate surface area is 199 Å². The number of benzene rings is 3. The molecule has 5 rings (SSSR count). The first-order valence-electron chi connectivity index (χ1n) is 10.4. The normalized spacial score (nSPS) is 10.9. The van der Waals surface area contributed by atoms with Crippen molar-refractivity contribution >= 4 is 39.6 Å². The predicted molar refractivity (Wildman–Crippen MR) is 130 cm³/mol. The van der Waals surface area contributed by atoms with E-state index in [1.807, 2.05) is 18.2 Å². The van der Waals surface area contributed by atoms with Gasteiger partial charge >= 0.3 is 0 Å². The number of rotatable bonds is 5. The number of hydrogen-bond acceptors (Lipinski definition) is 7. The van der Waals surface area contributed by atoms with E-state index < -0.39 is 5.91 Å². The lowest BCUT2D eigenvalue weighted by atomic mass is 10.0. The van der Waals surface area contributed by atoms with Gasteiger partial charge in [-0.2, -0.15) is 5.10 Å². The number of para-hydroxylation sites is 1. The molecule has 2 N–H and O–H groups in total. The minimum Gasteiger partial charge on any atom is -0.505 e. The van der Waals surface area contributed by atoms with Crippen molar-refractivity contribution in [1.29, 1.82) is 0 Å². The second-order valence-corrected chi connectivity index (χ2v) is 7.30. The molecule has 0 fully saturated rings. The quantitative estimate of drug-likeness (QED) is 0.256. The van der Waals surface area contributed by atoms with Crippen LogP contribution in [-0.2, 0) is 0 Å². The number of carbonyl (C=O) groups excluding carboxylic acids is 1. The summed E-state index contributed by atoms with van der Waals surface area (Å²) in [5, 5.41) is 27.8. The van der Waals surface area contributed by atoms with Crippen LogP contribution < -0.4 is 5.32 Å². The Balaban J connectivity index is 1.61. The summed E-state index contributed by atoms with van der Waals surface area (Å²) in [5.74, 6) is -0.372. The fourth-order valence-corrected chi connectivity index (χ4v) is 3.48. The van der Waals surface area contributed by atoms with Crippen LogP contribution in [0.25, 0.3) is 21.4 Å². The molecule has 10 heteroatoms.